The number of nitrogens with two attached hydrogens (primary N) is 2. The van der Waals surface area contributed by atoms with E-state index in [9.17, 15) is 18.6 Å². The first-order valence-electron chi connectivity index (χ1n) is 5.67. The van der Waals surface area contributed by atoms with Gasteiger partial charge in [-0.25, -0.2) is 8.42 Å². The molecule has 19 heavy (non-hydrogen) atoms. The zero-order valence-electron chi connectivity index (χ0n) is 10.2. The van der Waals surface area contributed by atoms with E-state index in [2.05, 4.69) is 0 Å². The van der Waals surface area contributed by atoms with Gasteiger partial charge in [0.1, 0.15) is 0 Å². The number of hydrogen-bond donors (Lipinski definition) is 4. The predicted octanol–water partition coefficient (Wildman–Crippen LogP) is -0.617. The number of rotatable bonds is 2. The van der Waals surface area contributed by atoms with E-state index in [1.807, 2.05) is 0 Å². The fourth-order valence-electron chi connectivity index (χ4n) is 2.14. The molecule has 104 valence electrons. The zero-order valence-corrected chi connectivity index (χ0v) is 11.0. The largest absolute Gasteiger partial charge is 0.402 e. The molecule has 0 amide bonds. The molecule has 0 heterocycles. The Balaban J connectivity index is 2.44. The minimum Gasteiger partial charge on any atom is -0.402 e. The van der Waals surface area contributed by atoms with Gasteiger partial charge in [0.15, 0.2) is 9.87 Å². The summed E-state index contributed by atoms with van der Waals surface area (Å²) in [6, 6.07) is 0. The third kappa shape index (κ3) is 2.09. The average Bonchev–Trinajstić information content (AvgIpc) is 2.27. The Hall–Kier alpha value is -1.57. The van der Waals surface area contributed by atoms with Crippen molar-refractivity contribution in [2.75, 3.05) is 0 Å². The molecule has 2 rings (SSSR count). The number of aliphatic hydroxyl groups is 2. The lowest BCUT2D eigenvalue weighted by molar-refractivity contribution is 0.130. The predicted molar refractivity (Wildman–Crippen MR) is 70.9 cm³/mol. The lowest BCUT2D eigenvalue weighted by Gasteiger charge is -2.36. The van der Waals surface area contributed by atoms with Crippen molar-refractivity contribution in [1.29, 1.82) is 0 Å². The van der Waals surface area contributed by atoms with Crippen LogP contribution in [0.2, 0.25) is 0 Å². The Kier molecular flexibility index (Phi) is 3.08. The van der Waals surface area contributed by atoms with Crippen molar-refractivity contribution in [2.24, 2.45) is 11.5 Å². The fourth-order valence-corrected chi connectivity index (χ4v) is 3.98. The Bertz CT molecular complexity index is 570. The van der Waals surface area contributed by atoms with E-state index in [0.29, 0.717) is 0 Å². The van der Waals surface area contributed by atoms with Gasteiger partial charge in [-0.3, -0.25) is 0 Å². The van der Waals surface area contributed by atoms with Crippen LogP contribution in [0.1, 0.15) is 12.8 Å². The van der Waals surface area contributed by atoms with Crippen molar-refractivity contribution >= 4 is 9.84 Å². The maximum Gasteiger partial charge on any atom is 0.217 e. The van der Waals surface area contributed by atoms with Gasteiger partial charge < -0.3 is 21.7 Å². The molecule has 2 aliphatic carbocycles. The Labute approximate surface area is 111 Å². The van der Waals surface area contributed by atoms with Crippen LogP contribution in [-0.4, -0.2) is 28.5 Å². The summed E-state index contributed by atoms with van der Waals surface area (Å²) in [5.74, 6) is 0. The van der Waals surface area contributed by atoms with Gasteiger partial charge in [0.25, 0.3) is 0 Å². The Morgan fingerprint density at radius 1 is 0.947 bits per heavy atom. The molecule has 0 aliphatic heterocycles. The summed E-state index contributed by atoms with van der Waals surface area (Å²) in [6.07, 6.45) is 7.35. The average molecular weight is 284 g/mol. The molecule has 0 aromatic carbocycles. The van der Waals surface area contributed by atoms with Gasteiger partial charge in [0.05, 0.1) is 0 Å². The van der Waals surface area contributed by atoms with E-state index in [-0.39, 0.29) is 24.2 Å². The smallest absolute Gasteiger partial charge is 0.217 e. The maximum atomic E-state index is 12.5. The third-order valence-corrected chi connectivity index (χ3v) is 5.60. The molecule has 0 aromatic rings. The molecule has 2 unspecified atom stereocenters. The van der Waals surface area contributed by atoms with Gasteiger partial charge in [0.2, 0.25) is 9.84 Å². The number of hydrogen-bond acceptors (Lipinski definition) is 6. The summed E-state index contributed by atoms with van der Waals surface area (Å²) < 4.78 is 25.0. The van der Waals surface area contributed by atoms with Crippen molar-refractivity contribution in [3.63, 3.8) is 0 Å². The summed E-state index contributed by atoms with van der Waals surface area (Å²) in [6.45, 7) is 0. The first-order valence-corrected chi connectivity index (χ1v) is 7.15. The second-order valence-corrected chi connectivity index (χ2v) is 7.17. The van der Waals surface area contributed by atoms with Crippen LogP contribution in [0.4, 0.5) is 0 Å². The van der Waals surface area contributed by atoms with E-state index in [4.69, 9.17) is 11.5 Å². The molecule has 0 bridgehead atoms. The van der Waals surface area contributed by atoms with Gasteiger partial charge in [-0.15, -0.1) is 0 Å². The van der Waals surface area contributed by atoms with Crippen LogP contribution in [-0.2, 0) is 9.84 Å². The molecular weight excluding hydrogens is 268 g/mol. The summed E-state index contributed by atoms with van der Waals surface area (Å²) in [7, 11) is -4.35. The van der Waals surface area contributed by atoms with Crippen molar-refractivity contribution in [3.05, 3.63) is 47.9 Å². The molecule has 0 saturated carbocycles. The van der Waals surface area contributed by atoms with E-state index < -0.39 is 19.7 Å². The highest BCUT2D eigenvalue weighted by Gasteiger charge is 2.53. The van der Waals surface area contributed by atoms with Crippen LogP contribution in [0.25, 0.3) is 0 Å². The Morgan fingerprint density at radius 2 is 1.32 bits per heavy atom. The fraction of sp³-hybridized carbons (Fsp3) is 0.333. The third-order valence-electron chi connectivity index (χ3n) is 3.18. The molecule has 0 saturated heterocycles. The molecule has 2 aliphatic rings. The highest BCUT2D eigenvalue weighted by Crippen LogP contribution is 2.38. The molecular formula is C12H16N2O4S. The van der Waals surface area contributed by atoms with E-state index in [1.165, 1.54) is 24.3 Å². The van der Waals surface area contributed by atoms with Gasteiger partial charge in [-0.2, -0.15) is 0 Å². The van der Waals surface area contributed by atoms with E-state index in [1.54, 1.807) is 0 Å². The second-order valence-electron chi connectivity index (χ2n) is 4.75. The molecule has 0 fully saturated rings. The van der Waals surface area contributed by atoms with Crippen LogP contribution in [0, 0.1) is 0 Å². The number of allylic oxidation sites excluding steroid dienone is 4. The molecule has 6 nitrogen and oxygen atoms in total. The van der Waals surface area contributed by atoms with Crippen LogP contribution in [0.15, 0.2) is 47.9 Å². The number of sulfone groups is 1. The normalized spacial score (nSPS) is 34.8. The minimum absolute atomic E-state index is 0.223. The second kappa shape index (κ2) is 4.22. The van der Waals surface area contributed by atoms with Crippen molar-refractivity contribution in [1.82, 2.24) is 0 Å². The van der Waals surface area contributed by atoms with Crippen LogP contribution < -0.4 is 11.5 Å². The van der Waals surface area contributed by atoms with Gasteiger partial charge >= 0.3 is 0 Å². The zero-order chi connectivity index (χ0) is 14.3. The standard InChI is InChI=1S/C12H16N2O4S/c13-9-3-1-5-11(15,7-9)19(17,18)12(16)6-2-4-10(14)8-12/h1-6,15-16H,7-8,13-14H2. The molecule has 0 radical (unpaired) electrons. The molecule has 0 spiro atoms. The Morgan fingerprint density at radius 3 is 1.63 bits per heavy atom. The molecule has 0 aromatic heterocycles. The van der Waals surface area contributed by atoms with Crippen LogP contribution >= 0.6 is 0 Å². The SMILES string of the molecule is NC1=CC=CC(O)(S(=O)(=O)C2(O)C=CC=C(N)C2)C1. The molecule has 7 heteroatoms. The summed E-state index contributed by atoms with van der Waals surface area (Å²) in [5.41, 5.74) is 11.6. The van der Waals surface area contributed by atoms with Gasteiger partial charge in [0, 0.05) is 24.2 Å². The van der Waals surface area contributed by atoms with Crippen LogP contribution in [0.3, 0.4) is 0 Å². The molecule has 2 atom stereocenters. The maximum absolute atomic E-state index is 12.5. The summed E-state index contributed by atoms with van der Waals surface area (Å²) in [5, 5.41) is 20.6. The van der Waals surface area contributed by atoms with E-state index in [0.717, 1.165) is 12.2 Å². The van der Waals surface area contributed by atoms with Gasteiger partial charge in [-0.1, -0.05) is 12.2 Å². The lowest BCUT2D eigenvalue weighted by Crippen LogP contribution is -2.52. The first-order chi connectivity index (χ1) is 8.70. The van der Waals surface area contributed by atoms with E-state index >= 15 is 0 Å². The monoisotopic (exact) mass is 284 g/mol. The topological polar surface area (TPSA) is 127 Å². The quantitative estimate of drug-likeness (QED) is 0.535. The van der Waals surface area contributed by atoms with Crippen molar-refractivity contribution in [2.45, 2.75) is 22.7 Å². The summed E-state index contributed by atoms with van der Waals surface area (Å²) >= 11 is 0. The summed E-state index contributed by atoms with van der Waals surface area (Å²) in [4.78, 5) is -4.47. The highest BCUT2D eigenvalue weighted by molar-refractivity contribution is 7.94. The first kappa shape index (κ1) is 13.9. The van der Waals surface area contributed by atoms with Gasteiger partial charge in [-0.05, 0) is 24.3 Å². The van der Waals surface area contributed by atoms with Crippen molar-refractivity contribution < 1.29 is 18.6 Å². The lowest BCUT2D eigenvalue weighted by atomic mass is 10.1. The molecule has 6 N–H and O–H groups in total. The van der Waals surface area contributed by atoms with Crippen LogP contribution in [0.5, 0.6) is 0 Å². The highest BCUT2D eigenvalue weighted by atomic mass is 32.2. The van der Waals surface area contributed by atoms with Crippen molar-refractivity contribution in [3.8, 4) is 0 Å². The minimum atomic E-state index is -4.35.